The molecule has 0 aliphatic rings. The second-order valence-electron chi connectivity index (χ2n) is 7.41. The Bertz CT molecular complexity index is 1280. The molecule has 0 saturated heterocycles. The highest BCUT2D eigenvalue weighted by Crippen LogP contribution is 2.23. The predicted octanol–water partition coefficient (Wildman–Crippen LogP) is 5.18. The standard InChI is InChI=1S/C27H24N4O2/c1-3-16-33-25-14-12-21(13-15-25)27(32)29-28-18-23-19-31(24-10-5-4-6-11-24)30-26(23)22-9-7-8-20(2)17-22/h3-15,17-19H,1,16H2,2H3,(H,29,32)/b28-18+. The number of carbonyl (C=O) groups excluding carboxylic acids is 1. The van der Waals surface area contributed by atoms with E-state index in [4.69, 9.17) is 9.84 Å². The molecule has 0 bridgehead atoms. The molecule has 6 heteroatoms. The molecule has 0 aliphatic heterocycles. The van der Waals surface area contributed by atoms with E-state index in [1.807, 2.05) is 66.3 Å². The minimum atomic E-state index is -0.311. The number of hydrogen-bond donors (Lipinski definition) is 1. The lowest BCUT2D eigenvalue weighted by Gasteiger charge is -2.04. The maximum Gasteiger partial charge on any atom is 0.271 e. The van der Waals surface area contributed by atoms with Gasteiger partial charge in [-0.15, -0.1) is 0 Å². The summed E-state index contributed by atoms with van der Waals surface area (Å²) in [4.78, 5) is 12.5. The number of nitrogens with zero attached hydrogens (tertiary/aromatic N) is 3. The Morgan fingerprint density at radius 1 is 1.09 bits per heavy atom. The van der Waals surface area contributed by atoms with E-state index in [1.54, 1.807) is 36.6 Å². The van der Waals surface area contributed by atoms with Crippen molar-refractivity contribution in [3.63, 3.8) is 0 Å². The highest BCUT2D eigenvalue weighted by Gasteiger charge is 2.12. The van der Waals surface area contributed by atoms with Gasteiger partial charge in [-0.25, -0.2) is 10.1 Å². The Balaban J connectivity index is 1.55. The highest BCUT2D eigenvalue weighted by atomic mass is 16.5. The van der Waals surface area contributed by atoms with Crippen molar-refractivity contribution >= 4 is 12.1 Å². The van der Waals surface area contributed by atoms with Gasteiger partial charge in [-0.2, -0.15) is 10.2 Å². The number of nitrogens with one attached hydrogen (secondary N) is 1. The van der Waals surface area contributed by atoms with Gasteiger partial charge in [-0.1, -0.05) is 54.6 Å². The van der Waals surface area contributed by atoms with E-state index in [-0.39, 0.29) is 5.91 Å². The van der Waals surface area contributed by atoms with Gasteiger partial charge in [0, 0.05) is 22.9 Å². The zero-order valence-electron chi connectivity index (χ0n) is 18.3. The van der Waals surface area contributed by atoms with E-state index < -0.39 is 0 Å². The van der Waals surface area contributed by atoms with E-state index in [9.17, 15) is 4.79 Å². The number of aromatic nitrogens is 2. The Labute approximate surface area is 192 Å². The summed E-state index contributed by atoms with van der Waals surface area (Å²) < 4.78 is 7.25. The fraction of sp³-hybridized carbons (Fsp3) is 0.0741. The number of amides is 1. The van der Waals surface area contributed by atoms with Gasteiger partial charge in [-0.3, -0.25) is 4.79 Å². The third-order valence-electron chi connectivity index (χ3n) is 4.91. The van der Waals surface area contributed by atoms with Gasteiger partial charge in [0.25, 0.3) is 5.91 Å². The van der Waals surface area contributed by atoms with Crippen molar-refractivity contribution in [2.45, 2.75) is 6.92 Å². The average molecular weight is 437 g/mol. The SMILES string of the molecule is C=CCOc1ccc(C(=O)N/N=C/c2cn(-c3ccccc3)nc2-c2cccc(C)c2)cc1. The molecule has 4 rings (SSSR count). The summed E-state index contributed by atoms with van der Waals surface area (Å²) in [6.07, 6.45) is 5.18. The number of hydrogen-bond acceptors (Lipinski definition) is 4. The average Bonchev–Trinajstić information content (AvgIpc) is 3.28. The van der Waals surface area contributed by atoms with Crippen LogP contribution in [0.3, 0.4) is 0 Å². The van der Waals surface area contributed by atoms with Crippen molar-refractivity contribution in [2.75, 3.05) is 6.61 Å². The minimum absolute atomic E-state index is 0.311. The summed E-state index contributed by atoms with van der Waals surface area (Å²) in [5, 5.41) is 8.96. The predicted molar refractivity (Wildman–Crippen MR) is 131 cm³/mol. The maximum atomic E-state index is 12.5. The van der Waals surface area contributed by atoms with Crippen LogP contribution in [0.1, 0.15) is 21.5 Å². The summed E-state index contributed by atoms with van der Waals surface area (Å²) in [6, 6.07) is 24.8. The van der Waals surface area contributed by atoms with Gasteiger partial charge in [0.15, 0.2) is 0 Å². The van der Waals surface area contributed by atoms with Crippen LogP contribution in [-0.4, -0.2) is 28.5 Å². The van der Waals surface area contributed by atoms with Crippen molar-refractivity contribution in [1.29, 1.82) is 0 Å². The molecule has 164 valence electrons. The smallest absolute Gasteiger partial charge is 0.271 e. The van der Waals surface area contributed by atoms with Crippen LogP contribution >= 0.6 is 0 Å². The molecule has 0 spiro atoms. The quantitative estimate of drug-likeness (QED) is 0.235. The molecular weight excluding hydrogens is 412 g/mol. The third kappa shape index (κ3) is 5.43. The second kappa shape index (κ2) is 10.2. The molecule has 6 nitrogen and oxygen atoms in total. The van der Waals surface area contributed by atoms with E-state index in [1.165, 1.54) is 0 Å². The minimum Gasteiger partial charge on any atom is -0.490 e. The molecule has 0 radical (unpaired) electrons. The first-order chi connectivity index (χ1) is 16.1. The number of aryl methyl sites for hydroxylation is 1. The Morgan fingerprint density at radius 2 is 1.88 bits per heavy atom. The third-order valence-corrected chi connectivity index (χ3v) is 4.91. The fourth-order valence-electron chi connectivity index (χ4n) is 3.29. The zero-order chi connectivity index (χ0) is 23.0. The molecule has 0 atom stereocenters. The molecule has 3 aromatic carbocycles. The number of hydrazone groups is 1. The van der Waals surface area contributed by atoms with E-state index in [0.29, 0.717) is 17.9 Å². The summed E-state index contributed by atoms with van der Waals surface area (Å²) in [5.41, 5.74) is 7.70. The zero-order valence-corrected chi connectivity index (χ0v) is 18.3. The summed E-state index contributed by atoms with van der Waals surface area (Å²) in [7, 11) is 0. The van der Waals surface area contributed by atoms with Crippen LogP contribution in [0.5, 0.6) is 5.75 Å². The molecule has 4 aromatic rings. The van der Waals surface area contributed by atoms with Gasteiger partial charge in [0.2, 0.25) is 0 Å². The lowest BCUT2D eigenvalue weighted by Crippen LogP contribution is -2.17. The van der Waals surface area contributed by atoms with E-state index >= 15 is 0 Å². The van der Waals surface area contributed by atoms with Crippen molar-refractivity contribution in [2.24, 2.45) is 5.10 Å². The van der Waals surface area contributed by atoms with Gasteiger partial charge >= 0.3 is 0 Å². The number of para-hydroxylation sites is 1. The summed E-state index contributed by atoms with van der Waals surface area (Å²) in [5.74, 6) is 0.361. The molecule has 1 aromatic heterocycles. The topological polar surface area (TPSA) is 68.5 Å². The summed E-state index contributed by atoms with van der Waals surface area (Å²) >= 11 is 0. The van der Waals surface area contributed by atoms with E-state index in [2.05, 4.69) is 23.2 Å². The first-order valence-corrected chi connectivity index (χ1v) is 10.5. The van der Waals surface area contributed by atoms with E-state index in [0.717, 1.165) is 28.1 Å². The highest BCUT2D eigenvalue weighted by molar-refractivity contribution is 5.95. The van der Waals surface area contributed by atoms with Gasteiger partial charge in [-0.05, 0) is 49.4 Å². The normalized spacial score (nSPS) is 10.8. The maximum absolute atomic E-state index is 12.5. The van der Waals surface area contributed by atoms with Crippen LogP contribution in [0.25, 0.3) is 16.9 Å². The van der Waals surface area contributed by atoms with Crippen LogP contribution in [0.2, 0.25) is 0 Å². The molecule has 1 amide bonds. The van der Waals surface area contributed by atoms with Crippen molar-refractivity contribution in [1.82, 2.24) is 15.2 Å². The van der Waals surface area contributed by atoms with Crippen LogP contribution in [0.4, 0.5) is 0 Å². The molecule has 0 aliphatic carbocycles. The molecule has 0 saturated carbocycles. The van der Waals surface area contributed by atoms with Crippen LogP contribution in [0.15, 0.2) is 103 Å². The Kier molecular flexibility index (Phi) is 6.75. The number of carbonyl (C=O) groups is 1. The second-order valence-corrected chi connectivity index (χ2v) is 7.41. The molecule has 0 unspecified atom stereocenters. The Hall–Kier alpha value is -4.45. The lowest BCUT2D eigenvalue weighted by molar-refractivity contribution is 0.0955. The van der Waals surface area contributed by atoms with Gasteiger partial charge < -0.3 is 4.74 Å². The molecule has 1 N–H and O–H groups in total. The Morgan fingerprint density at radius 3 is 2.61 bits per heavy atom. The molecule has 33 heavy (non-hydrogen) atoms. The first kappa shape index (κ1) is 21.8. The van der Waals surface area contributed by atoms with Crippen LogP contribution < -0.4 is 10.2 Å². The fourth-order valence-corrected chi connectivity index (χ4v) is 3.29. The van der Waals surface area contributed by atoms with Crippen molar-refractivity contribution < 1.29 is 9.53 Å². The van der Waals surface area contributed by atoms with Crippen LogP contribution in [0, 0.1) is 6.92 Å². The lowest BCUT2D eigenvalue weighted by atomic mass is 10.1. The van der Waals surface area contributed by atoms with Crippen molar-refractivity contribution in [3.8, 4) is 22.7 Å². The largest absolute Gasteiger partial charge is 0.490 e. The number of rotatable bonds is 8. The number of benzene rings is 3. The van der Waals surface area contributed by atoms with Crippen molar-refractivity contribution in [3.05, 3.63) is 114 Å². The molecule has 1 heterocycles. The molecule has 0 fully saturated rings. The van der Waals surface area contributed by atoms with Gasteiger partial charge in [0.05, 0.1) is 11.9 Å². The van der Waals surface area contributed by atoms with Crippen LogP contribution in [-0.2, 0) is 0 Å². The number of ether oxygens (including phenoxy) is 1. The summed E-state index contributed by atoms with van der Waals surface area (Å²) in [6.45, 7) is 6.07. The molecular formula is C27H24N4O2. The monoisotopic (exact) mass is 436 g/mol. The van der Waals surface area contributed by atoms with Gasteiger partial charge in [0.1, 0.15) is 18.1 Å². The first-order valence-electron chi connectivity index (χ1n) is 10.5.